The topological polar surface area (TPSA) is 84.9 Å². The molecule has 0 saturated carbocycles. The van der Waals surface area contributed by atoms with E-state index in [1.165, 1.54) is 0 Å². The number of carboxylic acids is 1. The van der Waals surface area contributed by atoms with Crippen LogP contribution in [-0.4, -0.2) is 31.2 Å². The molecule has 6 heteroatoms. The van der Waals surface area contributed by atoms with Crippen LogP contribution in [0.2, 0.25) is 0 Å². The first-order valence-corrected chi connectivity index (χ1v) is 7.83. The fourth-order valence-electron chi connectivity index (χ4n) is 2.48. The van der Waals surface area contributed by atoms with E-state index in [1.807, 2.05) is 6.07 Å². The molecule has 132 valence electrons. The molecule has 0 aliphatic carbocycles. The fourth-order valence-corrected chi connectivity index (χ4v) is 2.48. The van der Waals surface area contributed by atoms with E-state index >= 15 is 0 Å². The van der Waals surface area contributed by atoms with Crippen molar-refractivity contribution in [1.82, 2.24) is 0 Å². The number of amides is 1. The zero-order chi connectivity index (χ0) is 18.2. The predicted octanol–water partition coefficient (Wildman–Crippen LogP) is 2.90. The molecular weight excluding hydrogens is 322 g/mol. The van der Waals surface area contributed by atoms with E-state index in [0.29, 0.717) is 29.2 Å². The van der Waals surface area contributed by atoms with Gasteiger partial charge in [-0.1, -0.05) is 12.1 Å². The van der Waals surface area contributed by atoms with Crippen molar-refractivity contribution in [3.63, 3.8) is 0 Å². The van der Waals surface area contributed by atoms with Crippen LogP contribution in [0.15, 0.2) is 42.5 Å². The standard InChI is InChI=1S/C19H21NO5/c1-24-16-7-8-17(25-2)14(12-16)6-9-18(21)20-15-5-3-4-13(10-15)11-19(22)23/h3-5,7-8,10,12H,6,9,11H2,1-2H3,(H,20,21)(H,22,23). The van der Waals surface area contributed by atoms with Crippen molar-refractivity contribution in [2.24, 2.45) is 0 Å². The average molecular weight is 343 g/mol. The normalized spacial score (nSPS) is 10.2. The monoisotopic (exact) mass is 343 g/mol. The molecule has 0 bridgehead atoms. The SMILES string of the molecule is COc1ccc(OC)c(CCC(=O)Nc2cccc(CC(=O)O)c2)c1. The van der Waals surface area contributed by atoms with Gasteiger partial charge in [0.15, 0.2) is 0 Å². The summed E-state index contributed by atoms with van der Waals surface area (Å²) < 4.78 is 10.5. The Morgan fingerprint density at radius 1 is 1.08 bits per heavy atom. The zero-order valence-corrected chi connectivity index (χ0v) is 14.2. The minimum atomic E-state index is -0.909. The van der Waals surface area contributed by atoms with Crippen LogP contribution in [0.1, 0.15) is 17.5 Å². The van der Waals surface area contributed by atoms with Crippen LogP contribution in [0, 0.1) is 0 Å². The van der Waals surface area contributed by atoms with E-state index in [4.69, 9.17) is 14.6 Å². The molecule has 0 unspecified atom stereocenters. The maximum absolute atomic E-state index is 12.2. The summed E-state index contributed by atoms with van der Waals surface area (Å²) in [6.07, 6.45) is 0.693. The third-order valence-corrected chi connectivity index (χ3v) is 3.68. The summed E-state index contributed by atoms with van der Waals surface area (Å²) in [4.78, 5) is 22.9. The van der Waals surface area contributed by atoms with Crippen molar-refractivity contribution in [3.8, 4) is 11.5 Å². The maximum Gasteiger partial charge on any atom is 0.307 e. The van der Waals surface area contributed by atoms with Gasteiger partial charge in [0.25, 0.3) is 0 Å². The number of ether oxygens (including phenoxy) is 2. The van der Waals surface area contributed by atoms with Gasteiger partial charge < -0.3 is 19.9 Å². The summed E-state index contributed by atoms with van der Waals surface area (Å²) in [6.45, 7) is 0. The molecular formula is C19H21NO5. The van der Waals surface area contributed by atoms with Gasteiger partial charge in [-0.25, -0.2) is 0 Å². The first-order chi connectivity index (χ1) is 12.0. The lowest BCUT2D eigenvalue weighted by molar-refractivity contribution is -0.136. The fraction of sp³-hybridized carbons (Fsp3) is 0.263. The Kier molecular flexibility index (Phi) is 6.39. The Hall–Kier alpha value is -3.02. The van der Waals surface area contributed by atoms with Gasteiger partial charge in [-0.15, -0.1) is 0 Å². The number of rotatable bonds is 8. The van der Waals surface area contributed by atoms with Gasteiger partial charge in [-0.2, -0.15) is 0 Å². The Morgan fingerprint density at radius 3 is 2.56 bits per heavy atom. The lowest BCUT2D eigenvalue weighted by atomic mass is 10.1. The molecule has 0 saturated heterocycles. The van der Waals surface area contributed by atoms with Crippen LogP contribution < -0.4 is 14.8 Å². The molecule has 2 aromatic rings. The van der Waals surface area contributed by atoms with Crippen molar-refractivity contribution in [1.29, 1.82) is 0 Å². The van der Waals surface area contributed by atoms with Crippen molar-refractivity contribution in [2.45, 2.75) is 19.3 Å². The molecule has 0 aliphatic rings. The van der Waals surface area contributed by atoms with Crippen LogP contribution in [-0.2, 0) is 22.4 Å². The van der Waals surface area contributed by atoms with Crippen LogP contribution in [0.4, 0.5) is 5.69 Å². The Bertz CT molecular complexity index is 757. The van der Waals surface area contributed by atoms with Crippen molar-refractivity contribution >= 4 is 17.6 Å². The highest BCUT2D eigenvalue weighted by molar-refractivity contribution is 5.91. The van der Waals surface area contributed by atoms with Gasteiger partial charge in [0, 0.05) is 12.1 Å². The van der Waals surface area contributed by atoms with Crippen molar-refractivity contribution < 1.29 is 24.2 Å². The largest absolute Gasteiger partial charge is 0.497 e. The van der Waals surface area contributed by atoms with Crippen molar-refractivity contribution in [2.75, 3.05) is 19.5 Å². The van der Waals surface area contributed by atoms with Gasteiger partial charge in [-0.05, 0) is 47.9 Å². The molecule has 0 atom stereocenters. The average Bonchev–Trinajstić information content (AvgIpc) is 2.59. The third-order valence-electron chi connectivity index (χ3n) is 3.68. The maximum atomic E-state index is 12.2. The summed E-state index contributed by atoms with van der Waals surface area (Å²) in [6, 6.07) is 12.3. The molecule has 0 aromatic heterocycles. The van der Waals surface area contributed by atoms with E-state index < -0.39 is 5.97 Å². The number of anilines is 1. The highest BCUT2D eigenvalue weighted by Crippen LogP contribution is 2.25. The number of carbonyl (C=O) groups is 2. The van der Waals surface area contributed by atoms with E-state index in [-0.39, 0.29) is 18.7 Å². The number of carbonyl (C=O) groups excluding carboxylic acids is 1. The second-order valence-corrected chi connectivity index (χ2v) is 5.50. The minimum Gasteiger partial charge on any atom is -0.497 e. The van der Waals surface area contributed by atoms with Crippen LogP contribution in [0.25, 0.3) is 0 Å². The number of methoxy groups -OCH3 is 2. The van der Waals surface area contributed by atoms with E-state index in [9.17, 15) is 9.59 Å². The first-order valence-electron chi connectivity index (χ1n) is 7.83. The molecule has 1 amide bonds. The Balaban J connectivity index is 1.98. The second-order valence-electron chi connectivity index (χ2n) is 5.50. The van der Waals surface area contributed by atoms with Gasteiger partial charge in [0.05, 0.1) is 20.6 Å². The smallest absolute Gasteiger partial charge is 0.307 e. The van der Waals surface area contributed by atoms with Gasteiger partial charge in [0.2, 0.25) is 5.91 Å². The van der Waals surface area contributed by atoms with Gasteiger partial charge >= 0.3 is 5.97 Å². The van der Waals surface area contributed by atoms with Crippen LogP contribution in [0.3, 0.4) is 0 Å². The zero-order valence-electron chi connectivity index (χ0n) is 14.2. The molecule has 0 radical (unpaired) electrons. The number of carboxylic acid groups (broad SMARTS) is 1. The van der Waals surface area contributed by atoms with Crippen molar-refractivity contribution in [3.05, 3.63) is 53.6 Å². The summed E-state index contributed by atoms with van der Waals surface area (Å²) in [7, 11) is 3.17. The quantitative estimate of drug-likeness (QED) is 0.770. The van der Waals surface area contributed by atoms with Crippen LogP contribution in [0.5, 0.6) is 11.5 Å². The van der Waals surface area contributed by atoms with Gasteiger partial charge in [-0.3, -0.25) is 9.59 Å². The highest BCUT2D eigenvalue weighted by Gasteiger charge is 2.09. The molecule has 0 heterocycles. The molecule has 2 N–H and O–H groups in total. The summed E-state index contributed by atoms with van der Waals surface area (Å²) >= 11 is 0. The molecule has 2 rings (SSSR count). The lowest BCUT2D eigenvalue weighted by Gasteiger charge is -2.11. The molecule has 25 heavy (non-hydrogen) atoms. The molecule has 0 aliphatic heterocycles. The number of aryl methyl sites for hydroxylation is 1. The number of hydrogen-bond acceptors (Lipinski definition) is 4. The number of aliphatic carboxylic acids is 1. The van der Waals surface area contributed by atoms with E-state index in [1.54, 1.807) is 50.6 Å². The van der Waals surface area contributed by atoms with E-state index in [0.717, 1.165) is 5.56 Å². The predicted molar refractivity (Wildman–Crippen MR) is 94.3 cm³/mol. The molecule has 2 aromatic carbocycles. The Morgan fingerprint density at radius 2 is 1.88 bits per heavy atom. The summed E-state index contributed by atoms with van der Waals surface area (Å²) in [5, 5.41) is 11.6. The van der Waals surface area contributed by atoms with E-state index in [2.05, 4.69) is 5.32 Å². The summed E-state index contributed by atoms with van der Waals surface area (Å²) in [5.74, 6) is 0.348. The number of benzene rings is 2. The lowest BCUT2D eigenvalue weighted by Crippen LogP contribution is -2.13. The third kappa shape index (κ3) is 5.53. The second kappa shape index (κ2) is 8.73. The highest BCUT2D eigenvalue weighted by atomic mass is 16.5. The molecule has 0 spiro atoms. The Labute approximate surface area is 146 Å². The molecule has 6 nitrogen and oxygen atoms in total. The van der Waals surface area contributed by atoms with Crippen LogP contribution >= 0.6 is 0 Å². The molecule has 0 fully saturated rings. The number of nitrogens with one attached hydrogen (secondary N) is 1. The van der Waals surface area contributed by atoms with Gasteiger partial charge in [0.1, 0.15) is 11.5 Å². The summed E-state index contributed by atoms with van der Waals surface area (Å²) in [5.41, 5.74) is 2.11. The minimum absolute atomic E-state index is 0.0787. The first kappa shape index (κ1) is 18.3. The number of hydrogen-bond donors (Lipinski definition) is 2.